The second-order valence-electron chi connectivity index (χ2n) is 5.41. The van der Waals surface area contributed by atoms with Crippen LogP contribution in [0.4, 0.5) is 5.69 Å². The van der Waals surface area contributed by atoms with Crippen molar-refractivity contribution in [2.75, 3.05) is 18.0 Å². The molecule has 24 heavy (non-hydrogen) atoms. The molecule has 128 valence electrons. The minimum Gasteiger partial charge on any atom is -0.495 e. The number of aryl methyl sites for hydroxylation is 2. The molecule has 2 aromatic rings. The van der Waals surface area contributed by atoms with Crippen molar-refractivity contribution in [2.24, 2.45) is 0 Å². The zero-order chi connectivity index (χ0) is 17.9. The van der Waals surface area contributed by atoms with Crippen LogP contribution in [0.2, 0.25) is 5.02 Å². The lowest BCUT2D eigenvalue weighted by atomic mass is 10.1. The summed E-state index contributed by atoms with van der Waals surface area (Å²) >= 11 is 6.09. The molecule has 0 radical (unpaired) electrons. The second-order valence-corrected chi connectivity index (χ2v) is 7.68. The van der Waals surface area contributed by atoms with Gasteiger partial charge in [0.1, 0.15) is 5.75 Å². The molecule has 2 aromatic carbocycles. The molecule has 0 heterocycles. The molecule has 0 saturated heterocycles. The first-order chi connectivity index (χ1) is 11.3. The Bertz CT molecular complexity index is 863. The molecule has 0 saturated carbocycles. The minimum atomic E-state index is -3.78. The molecule has 0 amide bonds. The van der Waals surface area contributed by atoms with Crippen LogP contribution in [0.25, 0.3) is 0 Å². The van der Waals surface area contributed by atoms with Crippen LogP contribution >= 0.6 is 11.6 Å². The molecule has 0 atom stereocenters. The van der Waals surface area contributed by atoms with Gasteiger partial charge in [-0.25, -0.2) is 8.42 Å². The van der Waals surface area contributed by atoms with Crippen molar-refractivity contribution in [3.63, 3.8) is 0 Å². The number of halogens is 1. The van der Waals surface area contributed by atoms with Crippen LogP contribution < -0.4 is 9.04 Å². The largest absolute Gasteiger partial charge is 0.495 e. The highest BCUT2D eigenvalue weighted by Gasteiger charge is 2.26. The fourth-order valence-corrected chi connectivity index (χ4v) is 4.31. The smallest absolute Gasteiger partial charge is 0.264 e. The van der Waals surface area contributed by atoms with Gasteiger partial charge in [0, 0.05) is 0 Å². The van der Waals surface area contributed by atoms with E-state index >= 15 is 0 Å². The first-order valence-electron chi connectivity index (χ1n) is 7.35. The molecule has 2 rings (SSSR count). The number of anilines is 1. The Kier molecular flexibility index (Phi) is 5.57. The zero-order valence-corrected chi connectivity index (χ0v) is 15.5. The number of ether oxygens (including phenoxy) is 1. The molecular formula is C18H20ClNO3S. The van der Waals surface area contributed by atoms with Gasteiger partial charge in [-0.05, 0) is 43.7 Å². The summed E-state index contributed by atoms with van der Waals surface area (Å²) in [5.41, 5.74) is 2.56. The fourth-order valence-electron chi connectivity index (χ4n) is 2.46. The summed E-state index contributed by atoms with van der Waals surface area (Å²) in [7, 11) is -2.30. The van der Waals surface area contributed by atoms with Crippen LogP contribution in [-0.4, -0.2) is 22.1 Å². The fraction of sp³-hybridized carbons (Fsp3) is 0.222. The quantitative estimate of drug-likeness (QED) is 0.715. The monoisotopic (exact) mass is 365 g/mol. The van der Waals surface area contributed by atoms with Gasteiger partial charge in [0.25, 0.3) is 10.0 Å². The standard InChI is InChI=1S/C18H20ClNO3S/c1-5-10-20(17-8-6-13(2)11-14(17)3)24(21,22)15-7-9-18(23-4)16(19)12-15/h5-9,11-12H,1,10H2,2-4H3. The maximum Gasteiger partial charge on any atom is 0.264 e. The average molecular weight is 366 g/mol. The van der Waals surface area contributed by atoms with Crippen molar-refractivity contribution in [1.82, 2.24) is 0 Å². The van der Waals surface area contributed by atoms with Crippen molar-refractivity contribution < 1.29 is 13.2 Å². The molecule has 6 heteroatoms. The van der Waals surface area contributed by atoms with Crippen LogP contribution in [0.15, 0.2) is 53.9 Å². The van der Waals surface area contributed by atoms with Crippen molar-refractivity contribution in [3.8, 4) is 5.75 Å². The molecule has 0 aliphatic carbocycles. The molecule has 0 spiro atoms. The van der Waals surface area contributed by atoms with Crippen molar-refractivity contribution >= 4 is 27.3 Å². The number of nitrogens with zero attached hydrogens (tertiary/aromatic N) is 1. The summed E-state index contributed by atoms with van der Waals surface area (Å²) in [6, 6.07) is 10.1. The number of methoxy groups -OCH3 is 1. The predicted molar refractivity (Wildman–Crippen MR) is 98.6 cm³/mol. The molecule has 4 nitrogen and oxygen atoms in total. The van der Waals surface area contributed by atoms with Crippen LogP contribution in [-0.2, 0) is 10.0 Å². The topological polar surface area (TPSA) is 46.6 Å². The van der Waals surface area contributed by atoms with Crippen molar-refractivity contribution in [2.45, 2.75) is 18.7 Å². The summed E-state index contributed by atoms with van der Waals surface area (Å²) < 4.78 is 32.6. The van der Waals surface area contributed by atoms with Crippen LogP contribution in [0, 0.1) is 13.8 Å². The van der Waals surface area contributed by atoms with Crippen molar-refractivity contribution in [3.05, 3.63) is 65.2 Å². The highest BCUT2D eigenvalue weighted by atomic mass is 35.5. The van der Waals surface area contributed by atoms with Gasteiger partial charge in [-0.1, -0.05) is 35.4 Å². The Morgan fingerprint density at radius 1 is 1.21 bits per heavy atom. The van der Waals surface area contributed by atoms with E-state index in [4.69, 9.17) is 16.3 Å². The lowest BCUT2D eigenvalue weighted by Crippen LogP contribution is -2.31. The normalized spacial score (nSPS) is 11.2. The maximum absolute atomic E-state index is 13.1. The second kappa shape index (κ2) is 7.28. The Morgan fingerprint density at radius 2 is 1.92 bits per heavy atom. The van der Waals surface area contributed by atoms with Gasteiger partial charge < -0.3 is 4.74 Å². The van der Waals surface area contributed by atoms with Gasteiger partial charge in [0.15, 0.2) is 0 Å². The Hall–Kier alpha value is -1.98. The Labute approximate surface area is 148 Å². The van der Waals surface area contributed by atoms with Crippen molar-refractivity contribution in [1.29, 1.82) is 0 Å². The van der Waals surface area contributed by atoms with Crippen LogP contribution in [0.1, 0.15) is 11.1 Å². The van der Waals surface area contributed by atoms with Gasteiger partial charge in [0.05, 0.1) is 29.3 Å². The molecule has 0 aromatic heterocycles. The summed E-state index contributed by atoms with van der Waals surface area (Å²) in [4.78, 5) is 0.107. The molecule has 0 fully saturated rings. The SMILES string of the molecule is C=CCN(c1ccc(C)cc1C)S(=O)(=O)c1ccc(OC)c(Cl)c1. The van der Waals surface area contributed by atoms with Gasteiger partial charge in [0.2, 0.25) is 0 Å². The van der Waals surface area contributed by atoms with Gasteiger partial charge in [-0.3, -0.25) is 4.31 Å². The first-order valence-corrected chi connectivity index (χ1v) is 9.17. The van der Waals surface area contributed by atoms with Crippen LogP contribution in [0.5, 0.6) is 5.75 Å². The number of hydrogen-bond donors (Lipinski definition) is 0. The van der Waals surface area contributed by atoms with Gasteiger partial charge in [-0.2, -0.15) is 0 Å². The van der Waals surface area contributed by atoms with Gasteiger partial charge in [-0.15, -0.1) is 6.58 Å². The summed E-state index contributed by atoms with van der Waals surface area (Å²) in [6.45, 7) is 7.68. The average Bonchev–Trinajstić information content (AvgIpc) is 2.53. The minimum absolute atomic E-state index is 0.107. The third-order valence-corrected chi connectivity index (χ3v) is 5.70. The third-order valence-electron chi connectivity index (χ3n) is 3.63. The Morgan fingerprint density at radius 3 is 2.46 bits per heavy atom. The highest BCUT2D eigenvalue weighted by Crippen LogP contribution is 2.31. The molecule has 0 bridgehead atoms. The van der Waals surface area contributed by atoms with E-state index in [0.717, 1.165) is 11.1 Å². The van der Waals surface area contributed by atoms with E-state index in [-0.39, 0.29) is 16.5 Å². The van der Waals surface area contributed by atoms with E-state index in [0.29, 0.717) is 11.4 Å². The number of rotatable bonds is 6. The molecule has 0 aliphatic heterocycles. The van der Waals surface area contributed by atoms with E-state index in [1.165, 1.54) is 23.5 Å². The van der Waals surface area contributed by atoms with E-state index in [2.05, 4.69) is 6.58 Å². The predicted octanol–water partition coefficient (Wildman–Crippen LogP) is 4.35. The third kappa shape index (κ3) is 3.57. The molecule has 0 aliphatic rings. The van der Waals surface area contributed by atoms with E-state index < -0.39 is 10.0 Å². The van der Waals surface area contributed by atoms with E-state index in [1.807, 2.05) is 26.0 Å². The number of hydrogen-bond acceptors (Lipinski definition) is 3. The maximum atomic E-state index is 13.1. The number of sulfonamides is 1. The molecular weight excluding hydrogens is 346 g/mol. The zero-order valence-electron chi connectivity index (χ0n) is 13.9. The van der Waals surface area contributed by atoms with Gasteiger partial charge >= 0.3 is 0 Å². The van der Waals surface area contributed by atoms with E-state index in [1.54, 1.807) is 18.2 Å². The van der Waals surface area contributed by atoms with E-state index in [9.17, 15) is 8.42 Å². The Balaban J connectivity index is 2.57. The first kappa shape index (κ1) is 18.4. The molecule has 0 N–H and O–H groups in total. The highest BCUT2D eigenvalue weighted by molar-refractivity contribution is 7.92. The summed E-state index contributed by atoms with van der Waals surface area (Å²) in [5, 5.41) is 0.248. The lowest BCUT2D eigenvalue weighted by molar-refractivity contribution is 0.414. The summed E-state index contributed by atoms with van der Waals surface area (Å²) in [6.07, 6.45) is 1.56. The summed E-state index contributed by atoms with van der Waals surface area (Å²) in [5.74, 6) is 0.428. The number of benzene rings is 2. The molecule has 0 unspecified atom stereocenters. The lowest BCUT2D eigenvalue weighted by Gasteiger charge is -2.25. The van der Waals surface area contributed by atoms with Crippen LogP contribution in [0.3, 0.4) is 0 Å².